The van der Waals surface area contributed by atoms with Gasteiger partial charge in [0, 0.05) is 30.1 Å². The number of nitrogens with one attached hydrogen (secondary N) is 2. The van der Waals surface area contributed by atoms with E-state index in [0.29, 0.717) is 10.3 Å². The Kier molecular flexibility index (Phi) is 4.66. The van der Waals surface area contributed by atoms with E-state index in [2.05, 4.69) is 10.0 Å². The van der Waals surface area contributed by atoms with Crippen LogP contribution in [0.15, 0.2) is 16.3 Å². The summed E-state index contributed by atoms with van der Waals surface area (Å²) in [6.07, 6.45) is 4.39. The normalized spacial score (nSPS) is 24.3. The molecule has 2 aliphatic rings. The van der Waals surface area contributed by atoms with Crippen LogP contribution in [0.1, 0.15) is 37.5 Å². The molecule has 1 saturated heterocycles. The predicted molar refractivity (Wildman–Crippen MR) is 82.9 cm³/mol. The quantitative estimate of drug-likeness (QED) is 0.801. The molecule has 3 rings (SSSR count). The van der Waals surface area contributed by atoms with E-state index >= 15 is 0 Å². The molecule has 2 N–H and O–H groups in total. The minimum atomic E-state index is -3.44. The van der Waals surface area contributed by atoms with Crippen molar-refractivity contribution in [1.29, 1.82) is 0 Å². The Morgan fingerprint density at radius 3 is 2.86 bits per heavy atom. The summed E-state index contributed by atoms with van der Waals surface area (Å²) in [5.74, 6) is 0. The van der Waals surface area contributed by atoms with Crippen LogP contribution in [0.3, 0.4) is 0 Å². The fourth-order valence-corrected chi connectivity index (χ4v) is 5.10. The van der Waals surface area contributed by atoms with Crippen molar-refractivity contribution in [2.75, 3.05) is 6.61 Å². The second kappa shape index (κ2) is 6.34. The molecule has 0 bridgehead atoms. The van der Waals surface area contributed by atoms with Crippen LogP contribution < -0.4 is 10.0 Å². The highest BCUT2D eigenvalue weighted by Gasteiger charge is 2.28. The molecule has 21 heavy (non-hydrogen) atoms. The first kappa shape index (κ1) is 15.4. The van der Waals surface area contributed by atoms with Gasteiger partial charge in [-0.25, -0.2) is 13.1 Å². The van der Waals surface area contributed by atoms with Gasteiger partial charge in [-0.2, -0.15) is 0 Å². The van der Waals surface area contributed by atoms with E-state index in [9.17, 15) is 8.42 Å². The maximum Gasteiger partial charge on any atom is 0.250 e. The Labute approximate surface area is 130 Å². The Hall–Kier alpha value is -0.470. The van der Waals surface area contributed by atoms with Gasteiger partial charge in [-0.05, 0) is 44.7 Å². The van der Waals surface area contributed by atoms with E-state index in [0.717, 1.165) is 30.9 Å². The molecular weight excluding hydrogens is 308 g/mol. The number of hydrogen-bond donors (Lipinski definition) is 2. The fourth-order valence-electron chi connectivity index (χ4n) is 2.51. The van der Waals surface area contributed by atoms with E-state index in [1.807, 2.05) is 13.0 Å². The van der Waals surface area contributed by atoms with Gasteiger partial charge in [-0.15, -0.1) is 11.3 Å². The Morgan fingerprint density at radius 2 is 2.19 bits per heavy atom. The average Bonchev–Trinajstić information content (AvgIpc) is 2.96. The van der Waals surface area contributed by atoms with Crippen LogP contribution in [0, 0.1) is 0 Å². The minimum absolute atomic E-state index is 0.00394. The van der Waals surface area contributed by atoms with E-state index in [1.165, 1.54) is 24.2 Å². The lowest BCUT2D eigenvalue weighted by Gasteiger charge is -2.19. The lowest BCUT2D eigenvalue weighted by atomic mass is 10.1. The summed E-state index contributed by atoms with van der Waals surface area (Å²) in [7, 11) is -3.44. The van der Waals surface area contributed by atoms with Crippen LogP contribution in [0.5, 0.6) is 0 Å². The zero-order chi connectivity index (χ0) is 14.9. The average molecular weight is 330 g/mol. The molecule has 2 heterocycles. The van der Waals surface area contributed by atoms with Gasteiger partial charge in [0.05, 0.1) is 6.10 Å². The van der Waals surface area contributed by atoms with Gasteiger partial charge in [0.25, 0.3) is 0 Å². The Balaban J connectivity index is 1.60. The van der Waals surface area contributed by atoms with E-state index in [1.54, 1.807) is 6.07 Å². The lowest BCUT2D eigenvalue weighted by Crippen LogP contribution is -2.40. The van der Waals surface area contributed by atoms with Gasteiger partial charge in [0.2, 0.25) is 10.0 Å². The van der Waals surface area contributed by atoms with Crippen molar-refractivity contribution in [2.24, 2.45) is 0 Å². The summed E-state index contributed by atoms with van der Waals surface area (Å²) in [6, 6.07) is 4.03. The van der Waals surface area contributed by atoms with Crippen molar-refractivity contribution in [3.8, 4) is 0 Å². The number of sulfonamides is 1. The van der Waals surface area contributed by atoms with Crippen molar-refractivity contribution in [3.05, 3.63) is 17.0 Å². The molecule has 2 atom stereocenters. The highest BCUT2D eigenvalue weighted by atomic mass is 32.2. The number of hydrogen-bond acceptors (Lipinski definition) is 5. The third-order valence-electron chi connectivity index (χ3n) is 3.91. The molecule has 0 spiro atoms. The summed E-state index contributed by atoms with van der Waals surface area (Å²) in [6.45, 7) is 3.36. The van der Waals surface area contributed by atoms with Gasteiger partial charge in [0.1, 0.15) is 4.21 Å². The zero-order valence-corrected chi connectivity index (χ0v) is 13.8. The SMILES string of the molecule is CC(NS(=O)(=O)c1ccc(CNC2CC2)s1)C1CCCO1. The van der Waals surface area contributed by atoms with Crippen molar-refractivity contribution in [1.82, 2.24) is 10.0 Å². The third-order valence-corrected chi connectivity index (χ3v) is 7.04. The van der Waals surface area contributed by atoms with Crippen LogP contribution in [0.2, 0.25) is 0 Å². The standard InChI is InChI=1S/C14H22N2O3S2/c1-10(13-3-2-8-19-13)16-21(17,18)14-7-6-12(20-14)9-15-11-4-5-11/h6-7,10-11,13,15-16H,2-5,8-9H2,1H3. The van der Waals surface area contributed by atoms with Gasteiger partial charge in [0.15, 0.2) is 0 Å². The molecule has 2 fully saturated rings. The molecule has 1 saturated carbocycles. The molecule has 5 nitrogen and oxygen atoms in total. The van der Waals surface area contributed by atoms with Gasteiger partial charge in [-0.3, -0.25) is 0 Å². The van der Waals surface area contributed by atoms with Crippen molar-refractivity contribution < 1.29 is 13.2 Å². The molecule has 1 aromatic rings. The number of ether oxygens (including phenoxy) is 1. The second-order valence-corrected chi connectivity index (χ2v) is 8.95. The van der Waals surface area contributed by atoms with Crippen LogP contribution in [0.25, 0.3) is 0 Å². The number of thiophene rings is 1. The van der Waals surface area contributed by atoms with Crippen LogP contribution in [0.4, 0.5) is 0 Å². The monoisotopic (exact) mass is 330 g/mol. The lowest BCUT2D eigenvalue weighted by molar-refractivity contribution is 0.0902. The summed E-state index contributed by atoms with van der Waals surface area (Å²) in [5, 5.41) is 3.40. The number of rotatable bonds is 7. The molecule has 2 unspecified atom stereocenters. The molecule has 1 aliphatic heterocycles. The minimum Gasteiger partial charge on any atom is -0.377 e. The fraction of sp³-hybridized carbons (Fsp3) is 0.714. The van der Waals surface area contributed by atoms with Crippen LogP contribution >= 0.6 is 11.3 Å². The third kappa shape index (κ3) is 4.04. The molecule has 7 heteroatoms. The summed E-state index contributed by atoms with van der Waals surface area (Å²) < 4.78 is 33.4. The summed E-state index contributed by atoms with van der Waals surface area (Å²) in [5.41, 5.74) is 0. The highest BCUT2D eigenvalue weighted by molar-refractivity contribution is 7.91. The van der Waals surface area contributed by atoms with E-state index < -0.39 is 10.0 Å². The highest BCUT2D eigenvalue weighted by Crippen LogP contribution is 2.25. The Bertz CT molecular complexity index is 575. The molecular formula is C14H22N2O3S2. The van der Waals surface area contributed by atoms with Crippen LogP contribution in [-0.2, 0) is 21.3 Å². The first-order valence-electron chi connectivity index (χ1n) is 7.50. The first-order chi connectivity index (χ1) is 10.0. The van der Waals surface area contributed by atoms with Gasteiger partial charge >= 0.3 is 0 Å². The van der Waals surface area contributed by atoms with E-state index in [-0.39, 0.29) is 12.1 Å². The molecule has 0 aromatic carbocycles. The second-order valence-electron chi connectivity index (χ2n) is 5.84. The van der Waals surface area contributed by atoms with Crippen molar-refractivity contribution in [3.63, 3.8) is 0 Å². The first-order valence-corrected chi connectivity index (χ1v) is 9.80. The Morgan fingerprint density at radius 1 is 1.38 bits per heavy atom. The maximum absolute atomic E-state index is 12.4. The summed E-state index contributed by atoms with van der Waals surface area (Å²) >= 11 is 1.34. The predicted octanol–water partition coefficient (Wildman–Crippen LogP) is 1.85. The van der Waals surface area contributed by atoms with Gasteiger partial charge in [-0.1, -0.05) is 0 Å². The van der Waals surface area contributed by atoms with Gasteiger partial charge < -0.3 is 10.1 Å². The largest absolute Gasteiger partial charge is 0.377 e. The molecule has 1 aliphatic carbocycles. The summed E-state index contributed by atoms with van der Waals surface area (Å²) in [4.78, 5) is 1.06. The molecule has 0 radical (unpaired) electrons. The smallest absolute Gasteiger partial charge is 0.250 e. The zero-order valence-electron chi connectivity index (χ0n) is 12.2. The topological polar surface area (TPSA) is 67.4 Å². The molecule has 1 aromatic heterocycles. The maximum atomic E-state index is 12.4. The van der Waals surface area contributed by atoms with Crippen molar-refractivity contribution in [2.45, 2.75) is 61.5 Å². The van der Waals surface area contributed by atoms with Crippen molar-refractivity contribution >= 4 is 21.4 Å². The van der Waals surface area contributed by atoms with E-state index in [4.69, 9.17) is 4.74 Å². The van der Waals surface area contributed by atoms with Crippen LogP contribution in [-0.4, -0.2) is 33.2 Å². The molecule has 118 valence electrons. The molecule has 0 amide bonds.